The number of nitrogens with one attached hydrogen (secondary N) is 1. The van der Waals surface area contributed by atoms with Crippen molar-refractivity contribution < 1.29 is 12.8 Å². The molecule has 0 spiro atoms. The van der Waals surface area contributed by atoms with Crippen LogP contribution in [0.25, 0.3) is 0 Å². The van der Waals surface area contributed by atoms with Crippen LogP contribution in [0.3, 0.4) is 0 Å². The molecule has 0 amide bonds. The van der Waals surface area contributed by atoms with E-state index in [9.17, 15) is 12.8 Å². The molecule has 0 unspecified atom stereocenters. The second-order valence-electron chi connectivity index (χ2n) is 4.74. The number of rotatable bonds is 5. The van der Waals surface area contributed by atoms with Gasteiger partial charge in [0.05, 0.1) is 5.75 Å². The van der Waals surface area contributed by atoms with Crippen LogP contribution < -0.4 is 4.72 Å². The van der Waals surface area contributed by atoms with Crippen molar-refractivity contribution in [3.63, 3.8) is 0 Å². The highest BCUT2D eigenvalue weighted by Gasteiger charge is 2.17. The van der Waals surface area contributed by atoms with Gasteiger partial charge in [-0.05, 0) is 36.2 Å². The molecule has 3 nitrogen and oxygen atoms in total. The average Bonchev–Trinajstić information content (AvgIpc) is 2.41. The van der Waals surface area contributed by atoms with E-state index in [0.29, 0.717) is 16.1 Å². The molecule has 0 saturated carbocycles. The number of halogens is 2. The van der Waals surface area contributed by atoms with Gasteiger partial charge in [0.2, 0.25) is 10.0 Å². The number of hydrogen-bond acceptors (Lipinski definition) is 2. The van der Waals surface area contributed by atoms with Crippen LogP contribution in [-0.4, -0.2) is 8.42 Å². The van der Waals surface area contributed by atoms with Gasteiger partial charge in [0.15, 0.2) is 0 Å². The van der Waals surface area contributed by atoms with Crippen molar-refractivity contribution in [3.05, 3.63) is 70.5 Å². The molecule has 0 aliphatic heterocycles. The monoisotopic (exact) mass is 327 g/mol. The van der Waals surface area contributed by atoms with Crippen LogP contribution in [0, 0.1) is 5.82 Å². The molecular formula is C15H15ClFNO2S. The molecule has 21 heavy (non-hydrogen) atoms. The minimum absolute atomic E-state index is 0.196. The van der Waals surface area contributed by atoms with Gasteiger partial charge < -0.3 is 0 Å². The Hall–Kier alpha value is -1.43. The van der Waals surface area contributed by atoms with E-state index < -0.39 is 16.1 Å². The van der Waals surface area contributed by atoms with E-state index in [-0.39, 0.29) is 11.6 Å². The summed E-state index contributed by atoms with van der Waals surface area (Å²) in [7, 11) is -3.54. The average molecular weight is 328 g/mol. The summed E-state index contributed by atoms with van der Waals surface area (Å²) in [6, 6.07) is 12.1. The summed E-state index contributed by atoms with van der Waals surface area (Å²) < 4.78 is 39.7. The first-order chi connectivity index (χ1) is 9.87. The van der Waals surface area contributed by atoms with Crippen molar-refractivity contribution in [3.8, 4) is 0 Å². The van der Waals surface area contributed by atoms with E-state index in [1.165, 1.54) is 12.1 Å². The molecule has 6 heteroatoms. The standard InChI is InChI=1S/C15H15ClFNO2S/c1-11(12-6-8-14(17)9-7-12)18-21(19,20)10-13-4-2-3-5-15(13)16/h2-9,11,18H,10H2,1H3/t11-/m0/s1. The highest BCUT2D eigenvalue weighted by molar-refractivity contribution is 7.88. The molecule has 0 bridgehead atoms. The smallest absolute Gasteiger partial charge is 0.212 e. The Balaban J connectivity index is 2.10. The highest BCUT2D eigenvalue weighted by atomic mass is 35.5. The zero-order valence-electron chi connectivity index (χ0n) is 11.4. The van der Waals surface area contributed by atoms with Gasteiger partial charge in [0, 0.05) is 11.1 Å². The maximum Gasteiger partial charge on any atom is 0.216 e. The van der Waals surface area contributed by atoms with Crippen molar-refractivity contribution >= 4 is 21.6 Å². The zero-order valence-corrected chi connectivity index (χ0v) is 13.0. The quantitative estimate of drug-likeness (QED) is 0.911. The summed E-state index contributed by atoms with van der Waals surface area (Å²) in [5.41, 5.74) is 1.23. The second-order valence-corrected chi connectivity index (χ2v) is 6.90. The van der Waals surface area contributed by atoms with Crippen LogP contribution in [0.4, 0.5) is 4.39 Å². The van der Waals surface area contributed by atoms with Crippen molar-refractivity contribution in [2.75, 3.05) is 0 Å². The highest BCUT2D eigenvalue weighted by Crippen LogP contribution is 2.19. The minimum atomic E-state index is -3.54. The molecule has 2 rings (SSSR count). The minimum Gasteiger partial charge on any atom is -0.212 e. The Morgan fingerprint density at radius 3 is 2.38 bits per heavy atom. The lowest BCUT2D eigenvalue weighted by Gasteiger charge is -2.15. The van der Waals surface area contributed by atoms with Crippen LogP contribution in [0.5, 0.6) is 0 Å². The summed E-state index contributed by atoms with van der Waals surface area (Å²) in [5.74, 6) is -0.553. The van der Waals surface area contributed by atoms with Crippen LogP contribution in [-0.2, 0) is 15.8 Å². The lowest BCUT2D eigenvalue weighted by atomic mass is 10.1. The van der Waals surface area contributed by atoms with Crippen LogP contribution in [0.2, 0.25) is 5.02 Å². The molecule has 1 N–H and O–H groups in total. The topological polar surface area (TPSA) is 46.2 Å². The van der Waals surface area contributed by atoms with Gasteiger partial charge >= 0.3 is 0 Å². The van der Waals surface area contributed by atoms with Gasteiger partial charge in [-0.1, -0.05) is 41.9 Å². The van der Waals surface area contributed by atoms with Crippen molar-refractivity contribution in [1.82, 2.24) is 4.72 Å². The zero-order chi connectivity index (χ0) is 15.5. The molecule has 112 valence electrons. The fourth-order valence-corrected chi connectivity index (χ4v) is 3.65. The predicted molar refractivity (Wildman–Crippen MR) is 82.0 cm³/mol. The molecule has 0 aliphatic rings. The predicted octanol–water partition coefficient (Wildman–Crippen LogP) is 3.66. The molecule has 1 atom stereocenters. The van der Waals surface area contributed by atoms with Gasteiger partial charge in [0.25, 0.3) is 0 Å². The lowest BCUT2D eigenvalue weighted by molar-refractivity contribution is 0.565. The third-order valence-electron chi connectivity index (χ3n) is 3.03. The third kappa shape index (κ3) is 4.52. The molecule has 2 aromatic rings. The van der Waals surface area contributed by atoms with Crippen molar-refractivity contribution in [2.45, 2.75) is 18.7 Å². The number of hydrogen-bond donors (Lipinski definition) is 1. The molecular weight excluding hydrogens is 313 g/mol. The lowest BCUT2D eigenvalue weighted by Crippen LogP contribution is -2.28. The third-order valence-corrected chi connectivity index (χ3v) is 4.80. The molecule has 0 radical (unpaired) electrons. The molecule has 0 aliphatic carbocycles. The summed E-state index contributed by atoms with van der Waals surface area (Å²) in [5, 5.41) is 0.414. The Morgan fingerprint density at radius 2 is 1.76 bits per heavy atom. The summed E-state index contributed by atoms with van der Waals surface area (Å²) in [6.07, 6.45) is 0. The Morgan fingerprint density at radius 1 is 1.14 bits per heavy atom. The van der Waals surface area contributed by atoms with Gasteiger partial charge in [-0.15, -0.1) is 0 Å². The fraction of sp³-hybridized carbons (Fsp3) is 0.200. The second kappa shape index (κ2) is 6.56. The molecule has 0 fully saturated rings. The summed E-state index contributed by atoms with van der Waals surface area (Å²) in [4.78, 5) is 0. The van der Waals surface area contributed by atoms with Gasteiger partial charge in [-0.2, -0.15) is 0 Å². The van der Waals surface area contributed by atoms with Gasteiger partial charge in [0.1, 0.15) is 5.82 Å². The first-order valence-electron chi connectivity index (χ1n) is 6.36. The number of sulfonamides is 1. The molecule has 0 saturated heterocycles. The summed E-state index contributed by atoms with van der Waals surface area (Å²) >= 11 is 5.97. The van der Waals surface area contributed by atoms with Crippen LogP contribution >= 0.6 is 11.6 Å². The maximum absolute atomic E-state index is 12.9. The largest absolute Gasteiger partial charge is 0.216 e. The van der Waals surface area contributed by atoms with Crippen molar-refractivity contribution in [1.29, 1.82) is 0 Å². The van der Waals surface area contributed by atoms with E-state index in [2.05, 4.69) is 4.72 Å². The first kappa shape index (κ1) is 15.9. The number of benzene rings is 2. The van der Waals surface area contributed by atoms with E-state index in [1.807, 2.05) is 0 Å². The SMILES string of the molecule is C[C@H](NS(=O)(=O)Cc1ccccc1Cl)c1ccc(F)cc1. The molecule has 0 aromatic heterocycles. The maximum atomic E-state index is 12.9. The van der Waals surface area contributed by atoms with E-state index in [4.69, 9.17) is 11.6 Å². The van der Waals surface area contributed by atoms with Crippen LogP contribution in [0.15, 0.2) is 48.5 Å². The fourth-order valence-electron chi connectivity index (χ4n) is 1.95. The Bertz CT molecular complexity index is 717. The Kier molecular flexibility index (Phi) is 4.98. The van der Waals surface area contributed by atoms with Crippen LogP contribution in [0.1, 0.15) is 24.1 Å². The van der Waals surface area contributed by atoms with E-state index in [1.54, 1.807) is 43.3 Å². The van der Waals surface area contributed by atoms with E-state index in [0.717, 1.165) is 0 Å². The normalized spacial score (nSPS) is 13.1. The first-order valence-corrected chi connectivity index (χ1v) is 8.39. The molecule has 2 aromatic carbocycles. The van der Waals surface area contributed by atoms with Gasteiger partial charge in [-0.3, -0.25) is 0 Å². The Labute approximate surface area is 128 Å². The van der Waals surface area contributed by atoms with Gasteiger partial charge in [-0.25, -0.2) is 17.5 Å². The summed E-state index contributed by atoms with van der Waals surface area (Å²) in [6.45, 7) is 1.71. The van der Waals surface area contributed by atoms with E-state index >= 15 is 0 Å². The van der Waals surface area contributed by atoms with Crippen molar-refractivity contribution in [2.24, 2.45) is 0 Å². The molecule has 0 heterocycles.